The second kappa shape index (κ2) is 7.50. The predicted octanol–water partition coefficient (Wildman–Crippen LogP) is 3.21. The lowest BCUT2D eigenvalue weighted by Crippen LogP contribution is -2.50. The molecule has 3 rings (SSSR count). The molecule has 26 heavy (non-hydrogen) atoms. The van der Waals surface area contributed by atoms with Gasteiger partial charge >= 0.3 is 0 Å². The van der Waals surface area contributed by atoms with Crippen LogP contribution in [0.4, 0.5) is 0 Å². The molecule has 138 valence electrons. The Morgan fingerprint density at radius 2 is 1.65 bits per heavy atom. The summed E-state index contributed by atoms with van der Waals surface area (Å²) >= 11 is 3.40. The molecule has 0 spiro atoms. The van der Waals surface area contributed by atoms with Crippen LogP contribution in [0.25, 0.3) is 0 Å². The lowest BCUT2D eigenvalue weighted by atomic mass is 10.2. The number of aryl methyl sites for hydroxylation is 2. The molecule has 1 amide bonds. The van der Waals surface area contributed by atoms with Gasteiger partial charge in [0.1, 0.15) is 0 Å². The Bertz CT molecular complexity index is 936. The zero-order chi connectivity index (χ0) is 18.9. The number of carbonyl (C=O) groups excluding carboxylic acids is 1. The van der Waals surface area contributed by atoms with Crippen molar-refractivity contribution in [3.05, 3.63) is 63.6 Å². The minimum absolute atomic E-state index is 0.0824. The highest BCUT2D eigenvalue weighted by atomic mass is 79.9. The molecule has 1 fully saturated rings. The van der Waals surface area contributed by atoms with E-state index in [4.69, 9.17) is 0 Å². The molecule has 0 radical (unpaired) electrons. The number of piperazine rings is 1. The van der Waals surface area contributed by atoms with Crippen LogP contribution >= 0.6 is 15.9 Å². The summed E-state index contributed by atoms with van der Waals surface area (Å²) in [7, 11) is -3.55. The molecule has 1 aliphatic rings. The van der Waals surface area contributed by atoms with Gasteiger partial charge in [-0.2, -0.15) is 4.31 Å². The molecule has 7 heteroatoms. The van der Waals surface area contributed by atoms with E-state index in [2.05, 4.69) is 15.9 Å². The molecular weight excluding hydrogens is 416 g/mol. The van der Waals surface area contributed by atoms with E-state index in [0.717, 1.165) is 15.6 Å². The highest BCUT2D eigenvalue weighted by Crippen LogP contribution is 2.23. The fraction of sp³-hybridized carbons (Fsp3) is 0.316. The van der Waals surface area contributed by atoms with Crippen molar-refractivity contribution >= 4 is 31.9 Å². The average Bonchev–Trinajstić information content (AvgIpc) is 2.61. The van der Waals surface area contributed by atoms with Crippen LogP contribution in [-0.4, -0.2) is 49.7 Å². The van der Waals surface area contributed by atoms with Crippen LogP contribution in [-0.2, 0) is 10.0 Å². The molecule has 5 nitrogen and oxygen atoms in total. The van der Waals surface area contributed by atoms with Crippen molar-refractivity contribution in [1.82, 2.24) is 9.21 Å². The van der Waals surface area contributed by atoms with Crippen LogP contribution in [0, 0.1) is 13.8 Å². The van der Waals surface area contributed by atoms with E-state index < -0.39 is 10.0 Å². The summed E-state index contributed by atoms with van der Waals surface area (Å²) in [5.74, 6) is -0.0824. The van der Waals surface area contributed by atoms with E-state index in [1.165, 1.54) is 4.31 Å². The van der Waals surface area contributed by atoms with Gasteiger partial charge < -0.3 is 4.90 Å². The van der Waals surface area contributed by atoms with Gasteiger partial charge in [-0.05, 0) is 53.5 Å². The minimum Gasteiger partial charge on any atom is -0.336 e. The maximum atomic E-state index is 12.9. The third-order valence-electron chi connectivity index (χ3n) is 4.58. The molecule has 0 aromatic heterocycles. The van der Waals surface area contributed by atoms with Crippen molar-refractivity contribution in [3.8, 4) is 0 Å². The van der Waals surface area contributed by atoms with E-state index in [1.54, 1.807) is 17.0 Å². The SMILES string of the molecule is Cc1ccc(S(=O)(=O)N2CCN(C(=O)c3ccccc3Br)CC2)c(C)c1. The zero-order valence-electron chi connectivity index (χ0n) is 14.8. The maximum Gasteiger partial charge on any atom is 0.255 e. The molecule has 0 bridgehead atoms. The fourth-order valence-corrected chi connectivity index (χ4v) is 5.25. The molecular formula is C19H21BrN2O3S. The van der Waals surface area contributed by atoms with Gasteiger partial charge in [-0.1, -0.05) is 29.8 Å². The second-order valence-corrected chi connectivity index (χ2v) is 9.21. The average molecular weight is 437 g/mol. The minimum atomic E-state index is -3.55. The molecule has 0 saturated carbocycles. The Balaban J connectivity index is 1.74. The highest BCUT2D eigenvalue weighted by molar-refractivity contribution is 9.10. The van der Waals surface area contributed by atoms with Gasteiger partial charge in [0.2, 0.25) is 10.0 Å². The van der Waals surface area contributed by atoms with Crippen LogP contribution in [0.15, 0.2) is 51.8 Å². The number of benzene rings is 2. The van der Waals surface area contributed by atoms with Crippen LogP contribution in [0.3, 0.4) is 0 Å². The first kappa shape index (κ1) is 19.1. The zero-order valence-corrected chi connectivity index (χ0v) is 17.2. The largest absolute Gasteiger partial charge is 0.336 e. The summed E-state index contributed by atoms with van der Waals surface area (Å²) < 4.78 is 28.1. The van der Waals surface area contributed by atoms with Gasteiger partial charge in [-0.3, -0.25) is 4.79 Å². The second-order valence-electron chi connectivity index (χ2n) is 6.45. The Hall–Kier alpha value is -1.70. The van der Waals surface area contributed by atoms with E-state index in [0.29, 0.717) is 36.6 Å². The molecule has 2 aromatic rings. The molecule has 2 aromatic carbocycles. The van der Waals surface area contributed by atoms with Crippen molar-refractivity contribution < 1.29 is 13.2 Å². The predicted molar refractivity (Wildman–Crippen MR) is 105 cm³/mol. The van der Waals surface area contributed by atoms with Crippen molar-refractivity contribution in [2.75, 3.05) is 26.2 Å². The first-order valence-corrected chi connectivity index (χ1v) is 10.7. The number of hydrogen-bond donors (Lipinski definition) is 0. The molecule has 0 N–H and O–H groups in total. The van der Waals surface area contributed by atoms with E-state index >= 15 is 0 Å². The number of hydrogen-bond acceptors (Lipinski definition) is 3. The van der Waals surface area contributed by atoms with Crippen LogP contribution < -0.4 is 0 Å². The van der Waals surface area contributed by atoms with Gasteiger partial charge in [0, 0.05) is 30.7 Å². The van der Waals surface area contributed by atoms with Gasteiger partial charge in [-0.25, -0.2) is 8.42 Å². The molecule has 0 aliphatic carbocycles. The van der Waals surface area contributed by atoms with Gasteiger partial charge in [0.25, 0.3) is 5.91 Å². The van der Waals surface area contributed by atoms with Gasteiger partial charge in [-0.15, -0.1) is 0 Å². The molecule has 0 unspecified atom stereocenters. The molecule has 1 aliphatic heterocycles. The normalized spacial score (nSPS) is 15.9. The van der Waals surface area contributed by atoms with Gasteiger partial charge in [0.15, 0.2) is 0 Å². The van der Waals surface area contributed by atoms with Gasteiger partial charge in [0.05, 0.1) is 10.5 Å². The summed E-state index contributed by atoms with van der Waals surface area (Å²) in [6.07, 6.45) is 0. The van der Waals surface area contributed by atoms with E-state index in [1.807, 2.05) is 44.2 Å². The topological polar surface area (TPSA) is 57.7 Å². The molecule has 1 saturated heterocycles. The van der Waals surface area contributed by atoms with Crippen LogP contribution in [0.2, 0.25) is 0 Å². The summed E-state index contributed by atoms with van der Waals surface area (Å²) in [4.78, 5) is 14.7. The summed E-state index contributed by atoms with van der Waals surface area (Å²) in [5, 5.41) is 0. The summed E-state index contributed by atoms with van der Waals surface area (Å²) in [6, 6.07) is 12.6. The Morgan fingerprint density at radius 1 is 1.00 bits per heavy atom. The molecule has 1 heterocycles. The number of sulfonamides is 1. The Kier molecular flexibility index (Phi) is 5.50. The number of amides is 1. The number of nitrogens with zero attached hydrogens (tertiary/aromatic N) is 2. The fourth-order valence-electron chi connectivity index (χ4n) is 3.16. The summed E-state index contributed by atoms with van der Waals surface area (Å²) in [6.45, 7) is 5.11. The number of rotatable bonds is 3. The van der Waals surface area contributed by atoms with Crippen LogP contribution in [0.1, 0.15) is 21.5 Å². The monoisotopic (exact) mass is 436 g/mol. The van der Waals surface area contributed by atoms with Crippen molar-refractivity contribution in [3.63, 3.8) is 0 Å². The number of halogens is 1. The summed E-state index contributed by atoms with van der Waals surface area (Å²) in [5.41, 5.74) is 2.38. The first-order valence-electron chi connectivity index (χ1n) is 8.42. The van der Waals surface area contributed by atoms with E-state index in [-0.39, 0.29) is 5.91 Å². The van der Waals surface area contributed by atoms with Crippen molar-refractivity contribution in [2.45, 2.75) is 18.7 Å². The Labute approximate surface area is 162 Å². The third kappa shape index (κ3) is 3.70. The van der Waals surface area contributed by atoms with Crippen molar-refractivity contribution in [2.24, 2.45) is 0 Å². The quantitative estimate of drug-likeness (QED) is 0.741. The molecule has 0 atom stereocenters. The Morgan fingerprint density at radius 3 is 2.27 bits per heavy atom. The third-order valence-corrected chi connectivity index (χ3v) is 7.33. The van der Waals surface area contributed by atoms with Crippen LogP contribution in [0.5, 0.6) is 0 Å². The lowest BCUT2D eigenvalue weighted by Gasteiger charge is -2.34. The number of carbonyl (C=O) groups is 1. The van der Waals surface area contributed by atoms with E-state index in [9.17, 15) is 13.2 Å². The lowest BCUT2D eigenvalue weighted by molar-refractivity contribution is 0.0697. The van der Waals surface area contributed by atoms with Crippen molar-refractivity contribution in [1.29, 1.82) is 0 Å². The maximum absolute atomic E-state index is 12.9. The highest BCUT2D eigenvalue weighted by Gasteiger charge is 2.31. The standard InChI is InChI=1S/C19H21BrN2O3S/c1-14-7-8-18(15(2)13-14)26(24,25)22-11-9-21(10-12-22)19(23)16-5-3-4-6-17(16)20/h3-8,13H,9-12H2,1-2H3. The smallest absolute Gasteiger partial charge is 0.255 e. The first-order chi connectivity index (χ1) is 12.3.